The van der Waals surface area contributed by atoms with E-state index in [2.05, 4.69) is 25.6 Å². The van der Waals surface area contributed by atoms with E-state index in [9.17, 15) is 4.39 Å². The quantitative estimate of drug-likeness (QED) is 0.402. The summed E-state index contributed by atoms with van der Waals surface area (Å²) in [6.45, 7) is 4.06. The van der Waals surface area contributed by atoms with Crippen molar-refractivity contribution in [2.24, 2.45) is 4.99 Å². The minimum absolute atomic E-state index is 0.126. The number of aliphatic imine (C=N–C) groups is 1. The predicted molar refractivity (Wildman–Crippen MR) is 111 cm³/mol. The highest BCUT2D eigenvalue weighted by Gasteiger charge is 2.27. The van der Waals surface area contributed by atoms with Crippen molar-refractivity contribution in [3.63, 3.8) is 0 Å². The van der Waals surface area contributed by atoms with Crippen LogP contribution in [-0.4, -0.2) is 53.9 Å². The second-order valence-electron chi connectivity index (χ2n) is 6.90. The molecule has 0 aliphatic carbocycles. The highest BCUT2D eigenvalue weighted by molar-refractivity contribution is 6.31. The molecule has 0 radical (unpaired) electrons. The van der Waals surface area contributed by atoms with Crippen LogP contribution in [0.4, 0.5) is 4.39 Å². The van der Waals surface area contributed by atoms with Crippen molar-refractivity contribution in [3.05, 3.63) is 53.1 Å². The second kappa shape index (κ2) is 10.4. The molecule has 1 aliphatic heterocycles. The summed E-state index contributed by atoms with van der Waals surface area (Å²) >= 11 is 6.35. The summed E-state index contributed by atoms with van der Waals surface area (Å²) < 4.78 is 16.5. The molecule has 6 nitrogen and oxygen atoms in total. The zero-order valence-electron chi connectivity index (χ0n) is 16.2. The van der Waals surface area contributed by atoms with Crippen molar-refractivity contribution in [2.75, 3.05) is 33.2 Å². The van der Waals surface area contributed by atoms with E-state index in [0.29, 0.717) is 23.1 Å². The Morgan fingerprint density at radius 2 is 2.11 bits per heavy atom. The molecule has 0 amide bonds. The Morgan fingerprint density at radius 1 is 1.29 bits per heavy atom. The normalized spacial score (nSPS) is 16.3. The Bertz CT molecular complexity index is 738. The van der Waals surface area contributed by atoms with Crippen LogP contribution in [0.25, 0.3) is 0 Å². The molecule has 2 N–H and O–H groups in total. The molecule has 0 saturated carbocycles. The SMILES string of the molecule is CN=C(NCCCn1cccn1)NCC(c1c(F)cccc1Cl)N1CCCC1. The molecular formula is C20H28ClFN6. The van der Waals surface area contributed by atoms with Crippen molar-refractivity contribution in [1.82, 2.24) is 25.3 Å². The number of guanidine groups is 1. The van der Waals surface area contributed by atoms with Gasteiger partial charge in [0.15, 0.2) is 5.96 Å². The van der Waals surface area contributed by atoms with Crippen LogP contribution >= 0.6 is 11.6 Å². The first-order chi connectivity index (χ1) is 13.7. The number of hydrogen-bond donors (Lipinski definition) is 2. The minimum atomic E-state index is -0.256. The highest BCUT2D eigenvalue weighted by atomic mass is 35.5. The van der Waals surface area contributed by atoms with Crippen LogP contribution in [0.1, 0.15) is 30.9 Å². The molecule has 152 valence electrons. The summed E-state index contributed by atoms with van der Waals surface area (Å²) in [7, 11) is 1.74. The number of likely N-dealkylation sites (tertiary alicyclic amines) is 1. The first-order valence-corrected chi connectivity index (χ1v) is 10.2. The lowest BCUT2D eigenvalue weighted by atomic mass is 10.0. The van der Waals surface area contributed by atoms with E-state index in [0.717, 1.165) is 45.4 Å². The van der Waals surface area contributed by atoms with E-state index >= 15 is 0 Å². The van der Waals surface area contributed by atoms with Crippen molar-refractivity contribution in [3.8, 4) is 0 Å². The number of aromatic nitrogens is 2. The van der Waals surface area contributed by atoms with Crippen LogP contribution in [0, 0.1) is 5.82 Å². The van der Waals surface area contributed by atoms with Crippen molar-refractivity contribution < 1.29 is 4.39 Å². The van der Waals surface area contributed by atoms with Gasteiger partial charge in [0.05, 0.1) is 6.04 Å². The van der Waals surface area contributed by atoms with Crippen LogP contribution in [0.2, 0.25) is 5.02 Å². The molecule has 1 unspecified atom stereocenters. The molecule has 3 rings (SSSR count). The van der Waals surface area contributed by atoms with E-state index in [4.69, 9.17) is 11.6 Å². The third kappa shape index (κ3) is 5.45. The lowest BCUT2D eigenvalue weighted by Crippen LogP contribution is -2.43. The number of benzene rings is 1. The molecule has 1 atom stereocenters. The summed E-state index contributed by atoms with van der Waals surface area (Å²) in [6, 6.07) is 6.67. The van der Waals surface area contributed by atoms with E-state index in [1.807, 2.05) is 16.9 Å². The van der Waals surface area contributed by atoms with E-state index in [1.54, 1.807) is 25.4 Å². The zero-order valence-corrected chi connectivity index (χ0v) is 17.0. The molecule has 1 saturated heterocycles. The Morgan fingerprint density at radius 3 is 2.79 bits per heavy atom. The van der Waals surface area contributed by atoms with Gasteiger partial charge in [-0.25, -0.2) is 4.39 Å². The van der Waals surface area contributed by atoms with Gasteiger partial charge in [-0.3, -0.25) is 14.6 Å². The predicted octanol–water partition coefficient (Wildman–Crippen LogP) is 3.07. The van der Waals surface area contributed by atoms with Crippen LogP contribution in [0.5, 0.6) is 0 Å². The third-order valence-corrected chi connectivity index (χ3v) is 5.35. The van der Waals surface area contributed by atoms with Crippen molar-refractivity contribution in [2.45, 2.75) is 31.8 Å². The highest BCUT2D eigenvalue weighted by Crippen LogP contribution is 2.31. The molecular weight excluding hydrogens is 379 g/mol. The minimum Gasteiger partial charge on any atom is -0.356 e. The molecule has 0 bridgehead atoms. The maximum absolute atomic E-state index is 14.6. The fraction of sp³-hybridized carbons (Fsp3) is 0.500. The summed E-state index contributed by atoms with van der Waals surface area (Å²) in [5.41, 5.74) is 0.563. The van der Waals surface area contributed by atoms with Gasteiger partial charge < -0.3 is 10.6 Å². The molecule has 1 aliphatic rings. The first kappa shape index (κ1) is 20.6. The summed E-state index contributed by atoms with van der Waals surface area (Å²) in [6.07, 6.45) is 6.91. The summed E-state index contributed by atoms with van der Waals surface area (Å²) in [5.74, 6) is 0.450. The van der Waals surface area contributed by atoms with E-state index in [1.165, 1.54) is 6.07 Å². The second-order valence-corrected chi connectivity index (χ2v) is 7.30. The number of nitrogens with one attached hydrogen (secondary N) is 2. The van der Waals surface area contributed by atoms with Gasteiger partial charge in [0.25, 0.3) is 0 Å². The lowest BCUT2D eigenvalue weighted by Gasteiger charge is -2.29. The van der Waals surface area contributed by atoms with Crippen LogP contribution < -0.4 is 10.6 Å². The summed E-state index contributed by atoms with van der Waals surface area (Å²) in [5, 5.41) is 11.3. The zero-order chi connectivity index (χ0) is 19.8. The average molecular weight is 407 g/mol. The molecule has 1 aromatic carbocycles. The lowest BCUT2D eigenvalue weighted by molar-refractivity contribution is 0.240. The maximum Gasteiger partial charge on any atom is 0.191 e. The standard InChI is InChI=1S/C20H28ClFN6/c1-23-20(24-9-5-13-28-14-6-10-26-28)25-15-18(27-11-2-3-12-27)19-16(21)7-4-8-17(19)22/h4,6-8,10,14,18H,2-3,5,9,11-13,15H2,1H3,(H2,23,24,25). The molecule has 2 aromatic rings. The number of rotatable bonds is 8. The van der Waals surface area contributed by atoms with Gasteiger partial charge in [-0.1, -0.05) is 17.7 Å². The number of nitrogens with zero attached hydrogens (tertiary/aromatic N) is 4. The topological polar surface area (TPSA) is 57.5 Å². The fourth-order valence-corrected chi connectivity index (χ4v) is 3.88. The monoisotopic (exact) mass is 406 g/mol. The Hall–Kier alpha value is -2.12. The molecule has 1 fully saturated rings. The Labute approximate surface area is 170 Å². The summed E-state index contributed by atoms with van der Waals surface area (Å²) in [4.78, 5) is 6.58. The van der Waals surface area contributed by atoms with Gasteiger partial charge in [-0.15, -0.1) is 0 Å². The molecule has 8 heteroatoms. The van der Waals surface area contributed by atoms with Gasteiger partial charge in [-0.2, -0.15) is 5.10 Å². The van der Waals surface area contributed by atoms with Gasteiger partial charge in [0.1, 0.15) is 5.82 Å². The van der Waals surface area contributed by atoms with Gasteiger partial charge >= 0.3 is 0 Å². The van der Waals surface area contributed by atoms with Crippen LogP contribution in [0.3, 0.4) is 0 Å². The molecule has 28 heavy (non-hydrogen) atoms. The van der Waals surface area contributed by atoms with Gasteiger partial charge in [-0.05, 0) is 50.6 Å². The van der Waals surface area contributed by atoms with Crippen molar-refractivity contribution in [1.29, 1.82) is 0 Å². The maximum atomic E-state index is 14.6. The van der Waals surface area contributed by atoms with Gasteiger partial charge in [0.2, 0.25) is 0 Å². The van der Waals surface area contributed by atoms with Crippen LogP contribution in [-0.2, 0) is 6.54 Å². The molecule has 1 aromatic heterocycles. The van der Waals surface area contributed by atoms with Gasteiger partial charge in [0, 0.05) is 49.7 Å². The third-order valence-electron chi connectivity index (χ3n) is 5.02. The number of halogens is 2. The smallest absolute Gasteiger partial charge is 0.191 e. The fourth-order valence-electron chi connectivity index (χ4n) is 3.59. The Balaban J connectivity index is 1.57. The first-order valence-electron chi connectivity index (χ1n) is 9.79. The Kier molecular flexibility index (Phi) is 7.68. The van der Waals surface area contributed by atoms with E-state index < -0.39 is 0 Å². The van der Waals surface area contributed by atoms with Crippen LogP contribution in [0.15, 0.2) is 41.7 Å². The average Bonchev–Trinajstić information content (AvgIpc) is 3.39. The number of aryl methyl sites for hydroxylation is 1. The molecule has 0 spiro atoms. The number of hydrogen-bond acceptors (Lipinski definition) is 3. The molecule has 2 heterocycles. The largest absolute Gasteiger partial charge is 0.356 e. The van der Waals surface area contributed by atoms with E-state index in [-0.39, 0.29) is 11.9 Å². The van der Waals surface area contributed by atoms with Crippen molar-refractivity contribution >= 4 is 17.6 Å².